The fourth-order valence-electron chi connectivity index (χ4n) is 3.14. The quantitative estimate of drug-likeness (QED) is 0.757. The summed E-state index contributed by atoms with van der Waals surface area (Å²) in [5, 5.41) is 2.75. The molecule has 1 aliphatic rings. The largest absolute Gasteiger partial charge is 0.352 e. The maximum absolute atomic E-state index is 12.8. The Hall–Kier alpha value is -1.44. The van der Waals surface area contributed by atoms with Crippen LogP contribution in [0.3, 0.4) is 0 Å². The molecule has 24 heavy (non-hydrogen) atoms. The Kier molecular flexibility index (Phi) is 6.37. The third-order valence-corrected chi connectivity index (χ3v) is 6.10. The summed E-state index contributed by atoms with van der Waals surface area (Å²) in [6.07, 6.45) is 1.76. The normalized spacial score (nSPS) is 22.3. The molecule has 2 rings (SSSR count). The summed E-state index contributed by atoms with van der Waals surface area (Å²) in [6.45, 7) is 6.28. The highest BCUT2D eigenvalue weighted by Gasteiger charge is 2.31. The van der Waals surface area contributed by atoms with Crippen LogP contribution in [0.2, 0.25) is 0 Å². The lowest BCUT2D eigenvalue weighted by molar-refractivity contribution is 0.0953. The van der Waals surface area contributed by atoms with Crippen molar-refractivity contribution in [3.63, 3.8) is 0 Å². The Labute approximate surface area is 144 Å². The Morgan fingerprint density at radius 1 is 1.21 bits per heavy atom. The molecule has 2 unspecified atom stereocenters. The summed E-state index contributed by atoms with van der Waals surface area (Å²) >= 11 is 0. The average molecular weight is 353 g/mol. The first-order chi connectivity index (χ1) is 11.3. The number of carbonyl (C=O) groups is 1. The smallest absolute Gasteiger partial charge is 0.251 e. The van der Waals surface area contributed by atoms with E-state index in [0.29, 0.717) is 50.0 Å². The second kappa shape index (κ2) is 8.09. The van der Waals surface area contributed by atoms with Crippen LogP contribution in [0.25, 0.3) is 0 Å². The first-order valence-electron chi connectivity index (χ1n) is 8.43. The standard InChI is InChI=1S/C17H27N3O3S/c1-13-10-14(2)12-20(11-13)24(22,23)16-6-4-15(5-7-16)17(21)19-9-3-8-18/h4-7,13-14H,3,8-12,18H2,1-2H3,(H,19,21). The maximum atomic E-state index is 12.8. The van der Waals surface area contributed by atoms with E-state index in [1.807, 2.05) is 0 Å². The van der Waals surface area contributed by atoms with Gasteiger partial charge in [0.25, 0.3) is 5.91 Å². The lowest BCUT2D eigenvalue weighted by Crippen LogP contribution is -2.42. The van der Waals surface area contributed by atoms with E-state index in [9.17, 15) is 13.2 Å². The van der Waals surface area contributed by atoms with E-state index < -0.39 is 10.0 Å². The van der Waals surface area contributed by atoms with Gasteiger partial charge in [0.1, 0.15) is 0 Å². The Morgan fingerprint density at radius 2 is 1.79 bits per heavy atom. The second-order valence-electron chi connectivity index (χ2n) is 6.69. The highest BCUT2D eigenvalue weighted by atomic mass is 32.2. The average Bonchev–Trinajstić information content (AvgIpc) is 2.54. The summed E-state index contributed by atoms with van der Waals surface area (Å²) in [6, 6.07) is 6.14. The van der Waals surface area contributed by atoms with Crippen LogP contribution in [0.5, 0.6) is 0 Å². The summed E-state index contributed by atoms with van der Waals surface area (Å²) in [7, 11) is -3.51. The van der Waals surface area contributed by atoms with Crippen LogP contribution in [0.4, 0.5) is 0 Å². The Balaban J connectivity index is 2.10. The number of benzene rings is 1. The molecule has 1 aromatic rings. The van der Waals surface area contributed by atoms with E-state index in [4.69, 9.17) is 5.73 Å². The minimum absolute atomic E-state index is 0.215. The van der Waals surface area contributed by atoms with Gasteiger partial charge < -0.3 is 11.1 Å². The SMILES string of the molecule is CC1CC(C)CN(S(=O)(=O)c2ccc(C(=O)NCCCN)cc2)C1. The van der Waals surface area contributed by atoms with Crippen molar-refractivity contribution in [2.75, 3.05) is 26.2 Å². The van der Waals surface area contributed by atoms with E-state index in [0.717, 1.165) is 6.42 Å². The zero-order valence-electron chi connectivity index (χ0n) is 14.4. The molecule has 0 bridgehead atoms. The van der Waals surface area contributed by atoms with Crippen LogP contribution in [-0.2, 0) is 10.0 Å². The van der Waals surface area contributed by atoms with E-state index in [1.54, 1.807) is 16.4 Å². The van der Waals surface area contributed by atoms with Crippen molar-refractivity contribution in [1.29, 1.82) is 0 Å². The molecule has 1 heterocycles. The summed E-state index contributed by atoms with van der Waals surface area (Å²) in [5.74, 6) is 0.500. The van der Waals surface area contributed by atoms with Gasteiger partial charge >= 0.3 is 0 Å². The van der Waals surface area contributed by atoms with Gasteiger partial charge in [-0.1, -0.05) is 13.8 Å². The number of carbonyl (C=O) groups excluding carboxylic acids is 1. The number of sulfonamides is 1. The number of hydrogen-bond donors (Lipinski definition) is 2. The highest BCUT2D eigenvalue weighted by Crippen LogP contribution is 2.26. The first-order valence-corrected chi connectivity index (χ1v) is 9.87. The molecule has 0 spiro atoms. The molecule has 3 N–H and O–H groups in total. The molecule has 1 amide bonds. The van der Waals surface area contributed by atoms with E-state index in [-0.39, 0.29) is 10.8 Å². The van der Waals surface area contributed by atoms with Gasteiger partial charge in [-0.2, -0.15) is 4.31 Å². The molecule has 134 valence electrons. The van der Waals surface area contributed by atoms with E-state index >= 15 is 0 Å². The minimum Gasteiger partial charge on any atom is -0.352 e. The molecule has 2 atom stereocenters. The van der Waals surface area contributed by atoms with Crippen LogP contribution >= 0.6 is 0 Å². The van der Waals surface area contributed by atoms with Crippen molar-refractivity contribution >= 4 is 15.9 Å². The van der Waals surface area contributed by atoms with Crippen LogP contribution in [0.1, 0.15) is 37.0 Å². The van der Waals surface area contributed by atoms with Gasteiger partial charge in [0, 0.05) is 25.2 Å². The lowest BCUT2D eigenvalue weighted by Gasteiger charge is -2.34. The zero-order chi connectivity index (χ0) is 17.7. The van der Waals surface area contributed by atoms with Crippen molar-refractivity contribution in [1.82, 2.24) is 9.62 Å². The van der Waals surface area contributed by atoms with E-state index in [2.05, 4.69) is 19.2 Å². The number of nitrogens with zero attached hydrogens (tertiary/aromatic N) is 1. The molecule has 0 saturated carbocycles. The van der Waals surface area contributed by atoms with Crippen LogP contribution in [-0.4, -0.2) is 44.8 Å². The van der Waals surface area contributed by atoms with Crippen molar-refractivity contribution in [2.45, 2.75) is 31.6 Å². The number of rotatable bonds is 6. The maximum Gasteiger partial charge on any atom is 0.251 e. The van der Waals surface area contributed by atoms with Gasteiger partial charge in [-0.3, -0.25) is 4.79 Å². The fraction of sp³-hybridized carbons (Fsp3) is 0.588. The van der Waals surface area contributed by atoms with Crippen molar-refractivity contribution < 1.29 is 13.2 Å². The summed E-state index contributed by atoms with van der Waals surface area (Å²) < 4.78 is 27.1. The predicted molar refractivity (Wildman–Crippen MR) is 94.2 cm³/mol. The molecule has 1 saturated heterocycles. The third kappa shape index (κ3) is 4.55. The fourth-order valence-corrected chi connectivity index (χ4v) is 4.82. The van der Waals surface area contributed by atoms with Gasteiger partial charge in [0.2, 0.25) is 10.0 Å². The molecular weight excluding hydrogens is 326 g/mol. The van der Waals surface area contributed by atoms with Crippen LogP contribution in [0, 0.1) is 11.8 Å². The lowest BCUT2D eigenvalue weighted by atomic mass is 9.94. The van der Waals surface area contributed by atoms with Gasteiger partial charge in [0.05, 0.1) is 4.90 Å². The molecule has 1 fully saturated rings. The van der Waals surface area contributed by atoms with Gasteiger partial charge in [-0.15, -0.1) is 0 Å². The number of hydrogen-bond acceptors (Lipinski definition) is 4. The molecule has 6 nitrogen and oxygen atoms in total. The first kappa shape index (κ1) is 18.9. The van der Waals surface area contributed by atoms with Crippen molar-refractivity contribution in [2.24, 2.45) is 17.6 Å². The van der Waals surface area contributed by atoms with Crippen LogP contribution < -0.4 is 11.1 Å². The number of amides is 1. The van der Waals surface area contributed by atoms with Crippen molar-refractivity contribution in [3.8, 4) is 0 Å². The summed E-state index contributed by atoms with van der Waals surface area (Å²) in [4.78, 5) is 12.2. The molecule has 0 radical (unpaired) electrons. The number of nitrogens with one attached hydrogen (secondary N) is 1. The molecule has 0 aromatic heterocycles. The monoisotopic (exact) mass is 353 g/mol. The number of nitrogens with two attached hydrogens (primary N) is 1. The third-order valence-electron chi connectivity index (χ3n) is 4.26. The Bertz CT molecular complexity index is 648. The highest BCUT2D eigenvalue weighted by molar-refractivity contribution is 7.89. The molecule has 1 aliphatic heterocycles. The summed E-state index contributed by atoms with van der Waals surface area (Å²) in [5.41, 5.74) is 5.84. The van der Waals surface area contributed by atoms with E-state index in [1.165, 1.54) is 12.1 Å². The number of piperidine rings is 1. The molecule has 7 heteroatoms. The van der Waals surface area contributed by atoms with Gasteiger partial charge in [0.15, 0.2) is 0 Å². The van der Waals surface area contributed by atoms with Crippen molar-refractivity contribution in [3.05, 3.63) is 29.8 Å². The van der Waals surface area contributed by atoms with Crippen LogP contribution in [0.15, 0.2) is 29.2 Å². The minimum atomic E-state index is -3.51. The van der Waals surface area contributed by atoms with Gasteiger partial charge in [-0.05, 0) is 55.5 Å². The Morgan fingerprint density at radius 3 is 2.33 bits per heavy atom. The molecule has 0 aliphatic carbocycles. The molecule has 1 aromatic carbocycles. The zero-order valence-corrected chi connectivity index (χ0v) is 15.2. The molecular formula is C17H27N3O3S. The van der Waals surface area contributed by atoms with Gasteiger partial charge in [-0.25, -0.2) is 8.42 Å². The topological polar surface area (TPSA) is 92.5 Å². The predicted octanol–water partition coefficient (Wildman–Crippen LogP) is 1.43. The second-order valence-corrected chi connectivity index (χ2v) is 8.63.